The molecule has 160 valence electrons. The number of anilines is 1. The minimum atomic E-state index is -1.48. The molecule has 0 saturated carbocycles. The van der Waals surface area contributed by atoms with Gasteiger partial charge in [-0.2, -0.15) is 10.4 Å². The van der Waals surface area contributed by atoms with Gasteiger partial charge in [-0.15, -0.1) is 11.3 Å². The highest BCUT2D eigenvalue weighted by atomic mass is 32.1. The Labute approximate surface area is 188 Å². The molecule has 0 fully saturated rings. The number of nitrogens with one attached hydrogen (secondary N) is 1. The first-order valence-corrected chi connectivity index (χ1v) is 10.9. The quantitative estimate of drug-likeness (QED) is 0.328. The molecule has 7 nitrogen and oxygen atoms in total. The number of carbonyl (C=O) groups excluding carboxylic acids is 2. The minimum absolute atomic E-state index is 0.338. The van der Waals surface area contributed by atoms with Crippen molar-refractivity contribution in [1.29, 1.82) is 5.26 Å². The van der Waals surface area contributed by atoms with Crippen molar-refractivity contribution in [2.45, 2.75) is 13.8 Å². The highest BCUT2D eigenvalue weighted by molar-refractivity contribution is 7.20. The summed E-state index contributed by atoms with van der Waals surface area (Å²) in [5, 5.41) is 17.7. The summed E-state index contributed by atoms with van der Waals surface area (Å²) >= 11 is 1.22. The molecule has 2 aromatic carbocycles. The molecule has 1 N–H and O–H groups in total. The molecule has 8 heteroatoms. The van der Waals surface area contributed by atoms with Gasteiger partial charge in [-0.3, -0.25) is 9.59 Å². The molecule has 0 aliphatic heterocycles. The van der Waals surface area contributed by atoms with Crippen LogP contribution in [0.4, 0.5) is 5.69 Å². The number of aromatic nitrogens is 2. The lowest BCUT2D eigenvalue weighted by Gasteiger charge is -2.12. The van der Waals surface area contributed by atoms with Crippen molar-refractivity contribution < 1.29 is 14.3 Å². The van der Waals surface area contributed by atoms with Gasteiger partial charge in [0.15, 0.2) is 11.7 Å². The molecule has 4 aromatic rings. The number of fused-ring (bicyclic) bond motifs is 1. The third-order valence-corrected chi connectivity index (χ3v) is 6.01. The molecule has 4 rings (SSSR count). The largest absolute Gasteiger partial charge is 0.492 e. The zero-order chi connectivity index (χ0) is 22.7. The minimum Gasteiger partial charge on any atom is -0.492 e. The lowest BCUT2D eigenvalue weighted by Crippen LogP contribution is -2.28. The highest BCUT2D eigenvalue weighted by Gasteiger charge is 2.30. The molecule has 0 bridgehead atoms. The number of nitrogens with zero attached hydrogens (tertiary/aromatic N) is 3. The smallest absolute Gasteiger partial charge is 0.249 e. The van der Waals surface area contributed by atoms with Crippen LogP contribution in [0.3, 0.4) is 0 Å². The van der Waals surface area contributed by atoms with Gasteiger partial charge in [0.25, 0.3) is 0 Å². The van der Waals surface area contributed by atoms with E-state index in [1.165, 1.54) is 11.3 Å². The van der Waals surface area contributed by atoms with Crippen LogP contribution in [0.15, 0.2) is 60.7 Å². The van der Waals surface area contributed by atoms with E-state index >= 15 is 0 Å². The fourth-order valence-corrected chi connectivity index (χ4v) is 4.50. The number of Topliss-reactive ketones (excluding diaryl/α,β-unsaturated/α-hetero) is 1. The Morgan fingerprint density at radius 1 is 1.19 bits per heavy atom. The molecular formula is C24H20N4O3S. The second kappa shape index (κ2) is 9.04. The maximum Gasteiger partial charge on any atom is 0.249 e. The zero-order valence-corrected chi connectivity index (χ0v) is 18.3. The van der Waals surface area contributed by atoms with Gasteiger partial charge in [0.2, 0.25) is 5.91 Å². The normalized spacial score (nSPS) is 11.7. The Morgan fingerprint density at radius 2 is 1.91 bits per heavy atom. The average molecular weight is 445 g/mol. The number of aryl methyl sites for hydroxylation is 1. The SMILES string of the molecule is CCOc1ccccc1NC(=O)C(C#N)C(=O)c1cc2c(C)nn(-c3ccccc3)c2s1. The number of nitriles is 1. The summed E-state index contributed by atoms with van der Waals surface area (Å²) in [5.74, 6) is -2.23. The van der Waals surface area contributed by atoms with E-state index in [1.54, 1.807) is 35.0 Å². The summed E-state index contributed by atoms with van der Waals surface area (Å²) in [6.07, 6.45) is 0. The van der Waals surface area contributed by atoms with Crippen LogP contribution in [0.5, 0.6) is 5.75 Å². The molecule has 1 amide bonds. The number of carbonyl (C=O) groups is 2. The van der Waals surface area contributed by atoms with E-state index < -0.39 is 17.6 Å². The van der Waals surface area contributed by atoms with E-state index in [4.69, 9.17) is 4.74 Å². The van der Waals surface area contributed by atoms with E-state index in [1.807, 2.05) is 50.2 Å². The average Bonchev–Trinajstić information content (AvgIpc) is 3.37. The van der Waals surface area contributed by atoms with Crippen LogP contribution in [0.1, 0.15) is 22.3 Å². The molecule has 1 unspecified atom stereocenters. The number of amides is 1. The van der Waals surface area contributed by atoms with Crippen molar-refractivity contribution in [1.82, 2.24) is 9.78 Å². The summed E-state index contributed by atoms with van der Waals surface area (Å²) in [5.41, 5.74) is 2.05. The van der Waals surface area contributed by atoms with E-state index in [-0.39, 0.29) is 0 Å². The molecular weight excluding hydrogens is 424 g/mol. The van der Waals surface area contributed by atoms with Gasteiger partial charge in [0.05, 0.1) is 34.6 Å². The van der Waals surface area contributed by atoms with Crippen molar-refractivity contribution in [3.05, 3.63) is 71.2 Å². The van der Waals surface area contributed by atoms with E-state index in [0.29, 0.717) is 22.9 Å². The van der Waals surface area contributed by atoms with Crippen LogP contribution in [0.2, 0.25) is 0 Å². The fraction of sp³-hybridized carbons (Fsp3) is 0.167. The van der Waals surface area contributed by atoms with Crippen molar-refractivity contribution in [3.8, 4) is 17.5 Å². The summed E-state index contributed by atoms with van der Waals surface area (Å²) in [4.78, 5) is 27.0. The number of para-hydroxylation sites is 3. The van der Waals surface area contributed by atoms with Crippen LogP contribution >= 0.6 is 11.3 Å². The Balaban J connectivity index is 1.63. The second-order valence-corrected chi connectivity index (χ2v) is 8.04. The third kappa shape index (κ3) is 3.98. The molecule has 0 aliphatic carbocycles. The Kier molecular flexibility index (Phi) is 6.01. The topological polar surface area (TPSA) is 97.0 Å². The predicted molar refractivity (Wildman–Crippen MR) is 123 cm³/mol. The molecule has 0 saturated heterocycles. The van der Waals surface area contributed by atoms with Gasteiger partial charge in [0.1, 0.15) is 10.6 Å². The molecule has 2 aromatic heterocycles. The predicted octanol–water partition coefficient (Wildman–Crippen LogP) is 4.76. The van der Waals surface area contributed by atoms with Gasteiger partial charge in [-0.05, 0) is 44.2 Å². The lowest BCUT2D eigenvalue weighted by molar-refractivity contribution is -0.117. The zero-order valence-electron chi connectivity index (χ0n) is 17.5. The first-order valence-electron chi connectivity index (χ1n) is 10.0. The summed E-state index contributed by atoms with van der Waals surface area (Å²) in [7, 11) is 0. The number of hydrogen-bond donors (Lipinski definition) is 1. The van der Waals surface area contributed by atoms with Crippen LogP contribution in [-0.2, 0) is 4.79 Å². The second-order valence-electron chi connectivity index (χ2n) is 7.01. The van der Waals surface area contributed by atoms with Crippen molar-refractivity contribution >= 4 is 38.9 Å². The molecule has 32 heavy (non-hydrogen) atoms. The summed E-state index contributed by atoms with van der Waals surface area (Å²) in [6.45, 7) is 4.12. The van der Waals surface area contributed by atoms with E-state index in [0.717, 1.165) is 21.6 Å². The first-order chi connectivity index (χ1) is 15.5. The highest BCUT2D eigenvalue weighted by Crippen LogP contribution is 2.32. The first kappa shape index (κ1) is 21.3. The van der Waals surface area contributed by atoms with Crippen LogP contribution in [-0.4, -0.2) is 28.1 Å². The molecule has 1 atom stereocenters. The summed E-state index contributed by atoms with van der Waals surface area (Å²) in [6, 6.07) is 20.0. The number of thiophene rings is 1. The maximum atomic E-state index is 13.1. The van der Waals surface area contributed by atoms with Crippen LogP contribution in [0.25, 0.3) is 15.9 Å². The van der Waals surface area contributed by atoms with Gasteiger partial charge < -0.3 is 10.1 Å². The Morgan fingerprint density at radius 3 is 2.62 bits per heavy atom. The molecule has 0 aliphatic rings. The lowest BCUT2D eigenvalue weighted by atomic mass is 10.0. The Bertz CT molecular complexity index is 1330. The third-order valence-electron chi connectivity index (χ3n) is 4.89. The number of hydrogen-bond acceptors (Lipinski definition) is 6. The Hall–Kier alpha value is -3.96. The van der Waals surface area contributed by atoms with Crippen molar-refractivity contribution in [2.75, 3.05) is 11.9 Å². The fourth-order valence-electron chi connectivity index (χ4n) is 3.35. The van der Waals surface area contributed by atoms with Crippen molar-refractivity contribution in [3.63, 3.8) is 0 Å². The number of ether oxygens (including phenoxy) is 1. The van der Waals surface area contributed by atoms with E-state index in [2.05, 4.69) is 10.4 Å². The molecule has 0 spiro atoms. The van der Waals surface area contributed by atoms with E-state index in [9.17, 15) is 14.9 Å². The maximum absolute atomic E-state index is 13.1. The number of benzene rings is 2. The van der Waals surface area contributed by atoms with Gasteiger partial charge in [0, 0.05) is 5.39 Å². The monoisotopic (exact) mass is 444 g/mol. The van der Waals surface area contributed by atoms with Gasteiger partial charge >= 0.3 is 0 Å². The van der Waals surface area contributed by atoms with Gasteiger partial charge in [-0.25, -0.2) is 4.68 Å². The van der Waals surface area contributed by atoms with Crippen molar-refractivity contribution in [2.24, 2.45) is 5.92 Å². The molecule has 2 heterocycles. The number of rotatable bonds is 7. The summed E-state index contributed by atoms with van der Waals surface area (Å²) < 4.78 is 7.27. The number of ketones is 1. The standard InChI is InChI=1S/C24H20N4O3S/c1-3-31-20-12-8-7-11-19(20)26-23(30)18(14-25)22(29)21-13-17-15(2)27-28(24(17)32-21)16-9-5-4-6-10-16/h4-13,18H,3H2,1-2H3,(H,26,30). The molecule has 0 radical (unpaired) electrons. The van der Waals surface area contributed by atoms with Crippen LogP contribution in [0, 0.1) is 24.2 Å². The van der Waals surface area contributed by atoms with Crippen LogP contribution < -0.4 is 10.1 Å². The van der Waals surface area contributed by atoms with Gasteiger partial charge in [-0.1, -0.05) is 30.3 Å².